The number of rotatable bonds is 4. The van der Waals surface area contributed by atoms with Gasteiger partial charge < -0.3 is 0 Å². The molecule has 6 heteroatoms. The van der Waals surface area contributed by atoms with Gasteiger partial charge in [0, 0.05) is 0 Å². The molecule has 0 heterocycles. The first kappa shape index (κ1) is 14.0. The van der Waals surface area contributed by atoms with Gasteiger partial charge in [0.1, 0.15) is 10.9 Å². The summed E-state index contributed by atoms with van der Waals surface area (Å²) in [6.07, 6.45) is 0. The molecule has 1 atom stereocenters. The number of nitrogens with one attached hydrogen (secondary N) is 1. The van der Waals surface area contributed by atoms with Crippen molar-refractivity contribution >= 4 is 21.6 Å². The van der Waals surface area contributed by atoms with E-state index in [1.165, 1.54) is 12.1 Å². The molecule has 0 aliphatic heterocycles. The summed E-state index contributed by atoms with van der Waals surface area (Å²) < 4.78 is 26.3. The van der Waals surface area contributed by atoms with Crippen LogP contribution in [-0.4, -0.2) is 14.5 Å². The topological polar surface area (TPSA) is 70.0 Å². The first-order valence-corrected chi connectivity index (χ1v) is 6.91. The molecule has 1 aromatic rings. The summed E-state index contributed by atoms with van der Waals surface area (Å²) in [6, 6.07) is 7.27. The van der Waals surface area contributed by atoms with Gasteiger partial charge >= 0.3 is 0 Å². The number of hydrogen-bond donors (Lipinski definition) is 1. The van der Waals surface area contributed by atoms with E-state index in [2.05, 4.69) is 4.72 Å². The predicted octanol–water partition coefficient (Wildman–Crippen LogP) is 2.17. The highest BCUT2D eigenvalue weighted by atomic mass is 35.5. The number of nitrogens with zero attached hydrogens (tertiary/aromatic N) is 1. The van der Waals surface area contributed by atoms with Gasteiger partial charge in [-0.2, -0.15) is 9.98 Å². The lowest BCUT2D eigenvalue weighted by atomic mass is 10.1. The first-order chi connectivity index (χ1) is 7.88. The van der Waals surface area contributed by atoms with Crippen molar-refractivity contribution in [2.24, 2.45) is 5.92 Å². The molecule has 0 spiro atoms. The zero-order valence-electron chi connectivity index (χ0n) is 9.51. The fourth-order valence-corrected chi connectivity index (χ4v) is 3.01. The van der Waals surface area contributed by atoms with E-state index in [0.29, 0.717) is 0 Å². The zero-order valence-corrected chi connectivity index (χ0v) is 11.1. The van der Waals surface area contributed by atoms with Gasteiger partial charge in [0.2, 0.25) is 10.0 Å². The predicted molar refractivity (Wildman–Crippen MR) is 66.0 cm³/mol. The molecule has 1 N–H and O–H groups in total. The lowest BCUT2D eigenvalue weighted by Crippen LogP contribution is -2.37. The van der Waals surface area contributed by atoms with Crippen LogP contribution in [0.2, 0.25) is 5.02 Å². The van der Waals surface area contributed by atoms with Crippen LogP contribution in [0.3, 0.4) is 0 Å². The first-order valence-electron chi connectivity index (χ1n) is 5.05. The molecular formula is C11H13ClN2O2S. The lowest BCUT2D eigenvalue weighted by molar-refractivity contribution is 0.515. The van der Waals surface area contributed by atoms with Gasteiger partial charge in [-0.15, -0.1) is 0 Å². The zero-order chi connectivity index (χ0) is 13.1. The molecule has 0 amide bonds. The molecular weight excluding hydrogens is 260 g/mol. The lowest BCUT2D eigenvalue weighted by Gasteiger charge is -2.15. The van der Waals surface area contributed by atoms with Crippen LogP contribution in [0.15, 0.2) is 29.2 Å². The minimum atomic E-state index is -3.75. The normalized spacial score (nSPS) is 13.4. The van der Waals surface area contributed by atoms with Crippen LogP contribution in [-0.2, 0) is 10.0 Å². The Labute approximate surface area is 106 Å². The average molecular weight is 273 g/mol. The Morgan fingerprint density at radius 3 is 2.41 bits per heavy atom. The molecule has 4 nitrogen and oxygen atoms in total. The van der Waals surface area contributed by atoms with Gasteiger partial charge in [0.25, 0.3) is 0 Å². The average Bonchev–Trinajstić information content (AvgIpc) is 2.26. The highest BCUT2D eigenvalue weighted by Gasteiger charge is 2.23. The van der Waals surface area contributed by atoms with Gasteiger partial charge in [-0.05, 0) is 18.1 Å². The summed E-state index contributed by atoms with van der Waals surface area (Å²) in [4.78, 5) is -0.0115. The van der Waals surface area contributed by atoms with Gasteiger partial charge in [-0.3, -0.25) is 0 Å². The van der Waals surface area contributed by atoms with Crippen molar-refractivity contribution < 1.29 is 8.42 Å². The van der Waals surface area contributed by atoms with Crippen LogP contribution in [0.5, 0.6) is 0 Å². The van der Waals surface area contributed by atoms with Crippen molar-refractivity contribution in [1.29, 1.82) is 5.26 Å². The van der Waals surface area contributed by atoms with E-state index in [9.17, 15) is 8.42 Å². The Morgan fingerprint density at radius 1 is 1.35 bits per heavy atom. The smallest absolute Gasteiger partial charge is 0.207 e. The van der Waals surface area contributed by atoms with E-state index in [-0.39, 0.29) is 15.8 Å². The number of nitriles is 1. The standard InChI is InChI=1S/C11H13ClN2O2S/c1-8(2)10(7-13)14-17(15,16)11-6-4-3-5-9(11)12/h3-6,8,10,14H,1-2H3. The van der Waals surface area contributed by atoms with Gasteiger partial charge in [-0.1, -0.05) is 37.6 Å². The molecule has 0 aliphatic carbocycles. The Bertz CT molecular complexity index is 535. The molecule has 0 saturated carbocycles. The molecule has 0 aromatic heterocycles. The van der Waals surface area contributed by atoms with E-state index in [4.69, 9.17) is 16.9 Å². The van der Waals surface area contributed by atoms with Crippen LogP contribution >= 0.6 is 11.6 Å². The van der Waals surface area contributed by atoms with Gasteiger partial charge in [-0.25, -0.2) is 8.42 Å². The third-order valence-corrected chi connectivity index (χ3v) is 4.15. The number of sulfonamides is 1. The van der Waals surface area contributed by atoms with E-state index < -0.39 is 16.1 Å². The van der Waals surface area contributed by atoms with Crippen LogP contribution in [0.4, 0.5) is 0 Å². The summed E-state index contributed by atoms with van der Waals surface area (Å²) in [5.74, 6) is -0.114. The van der Waals surface area contributed by atoms with Crippen molar-refractivity contribution in [3.8, 4) is 6.07 Å². The summed E-state index contributed by atoms with van der Waals surface area (Å²) in [5, 5.41) is 9.01. The summed E-state index contributed by atoms with van der Waals surface area (Å²) in [7, 11) is -3.75. The summed E-state index contributed by atoms with van der Waals surface area (Å²) >= 11 is 5.81. The SMILES string of the molecule is CC(C)C(C#N)NS(=O)(=O)c1ccccc1Cl. The van der Waals surface area contributed by atoms with Crippen molar-refractivity contribution in [2.45, 2.75) is 24.8 Å². The van der Waals surface area contributed by atoms with Crippen molar-refractivity contribution in [1.82, 2.24) is 4.72 Å². The molecule has 0 aliphatic rings. The molecule has 92 valence electrons. The molecule has 0 radical (unpaired) electrons. The minimum absolute atomic E-state index is 0.0115. The van der Waals surface area contributed by atoms with Gasteiger partial charge in [0.05, 0.1) is 11.1 Å². The Morgan fingerprint density at radius 2 is 1.94 bits per heavy atom. The van der Waals surface area contributed by atoms with Crippen molar-refractivity contribution in [3.05, 3.63) is 29.3 Å². The van der Waals surface area contributed by atoms with Crippen LogP contribution < -0.4 is 4.72 Å². The van der Waals surface area contributed by atoms with E-state index in [1.54, 1.807) is 26.0 Å². The fraction of sp³-hybridized carbons (Fsp3) is 0.364. The summed E-state index contributed by atoms with van der Waals surface area (Å²) in [5.41, 5.74) is 0. The van der Waals surface area contributed by atoms with E-state index >= 15 is 0 Å². The fourth-order valence-electron chi connectivity index (χ4n) is 1.20. The molecule has 17 heavy (non-hydrogen) atoms. The number of halogens is 1. The minimum Gasteiger partial charge on any atom is -0.207 e. The third-order valence-electron chi connectivity index (χ3n) is 2.21. The van der Waals surface area contributed by atoms with Crippen LogP contribution in [0.1, 0.15) is 13.8 Å². The van der Waals surface area contributed by atoms with Crippen molar-refractivity contribution in [3.63, 3.8) is 0 Å². The Kier molecular flexibility index (Phi) is 4.52. The highest BCUT2D eigenvalue weighted by Crippen LogP contribution is 2.21. The molecule has 0 bridgehead atoms. The molecule has 1 aromatic carbocycles. The van der Waals surface area contributed by atoms with Crippen molar-refractivity contribution in [2.75, 3.05) is 0 Å². The number of benzene rings is 1. The van der Waals surface area contributed by atoms with Gasteiger partial charge in [0.15, 0.2) is 0 Å². The monoisotopic (exact) mass is 272 g/mol. The summed E-state index contributed by atoms with van der Waals surface area (Å²) in [6.45, 7) is 3.53. The Hall–Kier alpha value is -1.09. The second-order valence-electron chi connectivity index (χ2n) is 3.90. The maximum atomic E-state index is 12.0. The molecule has 0 saturated heterocycles. The largest absolute Gasteiger partial charge is 0.243 e. The van der Waals surface area contributed by atoms with E-state index in [1.807, 2.05) is 6.07 Å². The maximum absolute atomic E-state index is 12.0. The molecule has 0 fully saturated rings. The second kappa shape index (κ2) is 5.50. The molecule has 1 unspecified atom stereocenters. The van der Waals surface area contributed by atoms with Crippen LogP contribution in [0.25, 0.3) is 0 Å². The Balaban J connectivity index is 3.06. The second-order valence-corrected chi connectivity index (χ2v) is 5.99. The third kappa shape index (κ3) is 3.43. The quantitative estimate of drug-likeness (QED) is 0.913. The van der Waals surface area contributed by atoms with E-state index in [0.717, 1.165) is 0 Å². The maximum Gasteiger partial charge on any atom is 0.243 e. The highest BCUT2D eigenvalue weighted by molar-refractivity contribution is 7.89. The number of hydrogen-bond acceptors (Lipinski definition) is 3. The molecule has 1 rings (SSSR count). The van der Waals surface area contributed by atoms with Crippen LogP contribution in [0, 0.1) is 17.2 Å².